The van der Waals surface area contributed by atoms with Crippen LogP contribution in [0.5, 0.6) is 5.75 Å². The Morgan fingerprint density at radius 3 is 2.81 bits per heavy atom. The van der Waals surface area contributed by atoms with Crippen LogP contribution in [0.2, 0.25) is 0 Å². The van der Waals surface area contributed by atoms with Crippen molar-refractivity contribution in [3.8, 4) is 17.6 Å². The van der Waals surface area contributed by atoms with Crippen LogP contribution < -0.4 is 10.5 Å². The lowest BCUT2D eigenvalue weighted by atomic mass is 10.1. The number of benzene rings is 1. The molecule has 1 aromatic carbocycles. The third-order valence-corrected chi connectivity index (χ3v) is 2.08. The molecule has 0 bridgehead atoms. The zero-order valence-electron chi connectivity index (χ0n) is 9.75. The van der Waals surface area contributed by atoms with Crippen LogP contribution in [0.25, 0.3) is 0 Å². The molecular weight excluding hydrogens is 202 g/mol. The fraction of sp³-hybridized carbons (Fsp3) is 0.385. The van der Waals surface area contributed by atoms with E-state index in [4.69, 9.17) is 15.2 Å². The number of nitrogens with two attached hydrogens (primary N) is 1. The minimum atomic E-state index is 0.368. The van der Waals surface area contributed by atoms with Gasteiger partial charge in [0, 0.05) is 17.7 Å². The zero-order valence-corrected chi connectivity index (χ0v) is 9.75. The highest BCUT2D eigenvalue weighted by atomic mass is 16.5. The van der Waals surface area contributed by atoms with Gasteiger partial charge in [-0.15, -0.1) is 0 Å². The quantitative estimate of drug-likeness (QED) is 0.781. The van der Waals surface area contributed by atoms with Crippen molar-refractivity contribution in [2.45, 2.75) is 13.5 Å². The SMILES string of the molecule is CCOCc1cc(C#CCN)ccc1OC. The molecule has 0 saturated carbocycles. The Labute approximate surface area is 96.6 Å². The van der Waals surface area contributed by atoms with Gasteiger partial charge in [-0.25, -0.2) is 0 Å². The Morgan fingerprint density at radius 2 is 2.19 bits per heavy atom. The highest BCUT2D eigenvalue weighted by Crippen LogP contribution is 2.20. The number of hydrogen-bond donors (Lipinski definition) is 1. The molecule has 0 radical (unpaired) electrons. The number of rotatable bonds is 4. The summed E-state index contributed by atoms with van der Waals surface area (Å²) in [6, 6.07) is 5.78. The number of methoxy groups -OCH3 is 1. The van der Waals surface area contributed by atoms with Crippen molar-refractivity contribution in [1.29, 1.82) is 0 Å². The first-order chi connectivity index (χ1) is 7.81. The molecule has 0 spiro atoms. The van der Waals surface area contributed by atoms with E-state index in [1.165, 1.54) is 0 Å². The molecular formula is C13H17NO2. The fourth-order valence-electron chi connectivity index (χ4n) is 1.33. The van der Waals surface area contributed by atoms with Crippen LogP contribution in [0.3, 0.4) is 0 Å². The lowest BCUT2D eigenvalue weighted by Gasteiger charge is -2.08. The summed E-state index contributed by atoms with van der Waals surface area (Å²) in [5.41, 5.74) is 7.27. The largest absolute Gasteiger partial charge is 0.496 e. The van der Waals surface area contributed by atoms with Crippen molar-refractivity contribution in [2.24, 2.45) is 5.73 Å². The van der Waals surface area contributed by atoms with Crippen molar-refractivity contribution < 1.29 is 9.47 Å². The predicted molar refractivity (Wildman–Crippen MR) is 64.3 cm³/mol. The molecule has 0 aromatic heterocycles. The Hall–Kier alpha value is -1.50. The summed E-state index contributed by atoms with van der Waals surface area (Å²) in [6.07, 6.45) is 0. The van der Waals surface area contributed by atoms with Crippen LogP contribution in [-0.2, 0) is 11.3 Å². The average molecular weight is 219 g/mol. The summed E-state index contributed by atoms with van der Waals surface area (Å²) in [7, 11) is 1.65. The van der Waals surface area contributed by atoms with E-state index in [9.17, 15) is 0 Å². The van der Waals surface area contributed by atoms with Crippen LogP contribution >= 0.6 is 0 Å². The molecule has 0 heterocycles. The highest BCUT2D eigenvalue weighted by molar-refractivity contribution is 5.44. The Kier molecular flexibility index (Phi) is 5.41. The number of hydrogen-bond acceptors (Lipinski definition) is 3. The van der Waals surface area contributed by atoms with Crippen molar-refractivity contribution in [3.63, 3.8) is 0 Å². The van der Waals surface area contributed by atoms with Crippen LogP contribution in [-0.4, -0.2) is 20.3 Å². The molecule has 3 nitrogen and oxygen atoms in total. The highest BCUT2D eigenvalue weighted by Gasteiger charge is 2.03. The van der Waals surface area contributed by atoms with E-state index in [1.54, 1.807) is 7.11 Å². The van der Waals surface area contributed by atoms with Crippen LogP contribution in [0, 0.1) is 11.8 Å². The number of ether oxygens (including phenoxy) is 2. The third kappa shape index (κ3) is 3.58. The maximum atomic E-state index is 5.37. The van der Waals surface area contributed by atoms with Gasteiger partial charge < -0.3 is 15.2 Å². The summed E-state index contributed by atoms with van der Waals surface area (Å²) in [5.74, 6) is 6.63. The van der Waals surface area contributed by atoms with Gasteiger partial charge in [0.2, 0.25) is 0 Å². The van der Waals surface area contributed by atoms with E-state index in [2.05, 4.69) is 11.8 Å². The van der Waals surface area contributed by atoms with Gasteiger partial charge in [0.05, 0.1) is 20.3 Å². The van der Waals surface area contributed by atoms with E-state index >= 15 is 0 Å². The molecule has 1 rings (SSSR count). The maximum Gasteiger partial charge on any atom is 0.124 e. The Balaban J connectivity index is 2.91. The van der Waals surface area contributed by atoms with Crippen molar-refractivity contribution in [3.05, 3.63) is 29.3 Å². The van der Waals surface area contributed by atoms with Gasteiger partial charge in [-0.3, -0.25) is 0 Å². The molecule has 0 fully saturated rings. The molecule has 0 atom stereocenters. The van der Waals surface area contributed by atoms with Crippen LogP contribution in [0.4, 0.5) is 0 Å². The third-order valence-electron chi connectivity index (χ3n) is 2.08. The Morgan fingerprint density at radius 1 is 1.38 bits per heavy atom. The van der Waals surface area contributed by atoms with Crippen LogP contribution in [0.1, 0.15) is 18.1 Å². The molecule has 86 valence electrons. The summed E-state index contributed by atoms with van der Waals surface area (Å²) in [6.45, 7) is 3.55. The average Bonchev–Trinajstić information content (AvgIpc) is 2.33. The molecule has 0 amide bonds. The second-order valence-electron chi connectivity index (χ2n) is 3.17. The van der Waals surface area contributed by atoms with Gasteiger partial charge in [0.1, 0.15) is 5.75 Å². The second kappa shape index (κ2) is 6.89. The first-order valence-corrected chi connectivity index (χ1v) is 5.25. The normalized spacial score (nSPS) is 9.44. The minimum Gasteiger partial charge on any atom is -0.496 e. The van der Waals surface area contributed by atoms with E-state index in [-0.39, 0.29) is 0 Å². The van der Waals surface area contributed by atoms with Gasteiger partial charge >= 0.3 is 0 Å². The molecule has 16 heavy (non-hydrogen) atoms. The van der Waals surface area contributed by atoms with Gasteiger partial charge in [0.25, 0.3) is 0 Å². The first-order valence-electron chi connectivity index (χ1n) is 5.25. The molecule has 0 saturated heterocycles. The topological polar surface area (TPSA) is 44.5 Å². The molecule has 0 aliphatic carbocycles. The summed E-state index contributed by atoms with van der Waals surface area (Å²) < 4.78 is 10.6. The van der Waals surface area contributed by atoms with E-state index < -0.39 is 0 Å². The summed E-state index contributed by atoms with van der Waals surface area (Å²) in [5, 5.41) is 0. The van der Waals surface area contributed by atoms with Gasteiger partial charge in [0.15, 0.2) is 0 Å². The summed E-state index contributed by atoms with van der Waals surface area (Å²) >= 11 is 0. The zero-order chi connectivity index (χ0) is 11.8. The van der Waals surface area contributed by atoms with Gasteiger partial charge in [-0.1, -0.05) is 11.8 Å². The molecule has 1 aromatic rings. The van der Waals surface area contributed by atoms with Crippen molar-refractivity contribution >= 4 is 0 Å². The molecule has 0 aliphatic heterocycles. The Bertz CT molecular complexity index is 391. The lowest BCUT2D eigenvalue weighted by Crippen LogP contribution is -1.97. The van der Waals surface area contributed by atoms with Gasteiger partial charge in [-0.05, 0) is 25.1 Å². The van der Waals surface area contributed by atoms with Crippen molar-refractivity contribution in [2.75, 3.05) is 20.3 Å². The molecule has 0 unspecified atom stereocenters. The standard InChI is InChI=1S/C13H17NO2/c1-3-16-10-12-9-11(5-4-8-14)6-7-13(12)15-2/h6-7,9H,3,8,10,14H2,1-2H3. The van der Waals surface area contributed by atoms with Gasteiger partial charge in [-0.2, -0.15) is 0 Å². The van der Waals surface area contributed by atoms with Crippen LogP contribution in [0.15, 0.2) is 18.2 Å². The lowest BCUT2D eigenvalue weighted by molar-refractivity contribution is 0.132. The summed E-state index contributed by atoms with van der Waals surface area (Å²) in [4.78, 5) is 0. The monoisotopic (exact) mass is 219 g/mol. The predicted octanol–water partition coefficient (Wildman–Crippen LogP) is 1.54. The molecule has 0 aliphatic rings. The smallest absolute Gasteiger partial charge is 0.124 e. The van der Waals surface area contributed by atoms with E-state index in [1.807, 2.05) is 25.1 Å². The van der Waals surface area contributed by atoms with E-state index in [0.29, 0.717) is 19.8 Å². The first kappa shape index (κ1) is 12.6. The van der Waals surface area contributed by atoms with E-state index in [0.717, 1.165) is 16.9 Å². The molecule has 3 heteroatoms. The maximum absolute atomic E-state index is 5.37. The fourth-order valence-corrected chi connectivity index (χ4v) is 1.33. The molecule has 2 N–H and O–H groups in total. The van der Waals surface area contributed by atoms with Crippen molar-refractivity contribution in [1.82, 2.24) is 0 Å². The second-order valence-corrected chi connectivity index (χ2v) is 3.17. The minimum absolute atomic E-state index is 0.368.